The lowest BCUT2D eigenvalue weighted by Gasteiger charge is -2.57. The van der Waals surface area contributed by atoms with Crippen LogP contribution in [-0.4, -0.2) is 32.8 Å². The van der Waals surface area contributed by atoms with E-state index < -0.39 is 6.48 Å². The van der Waals surface area contributed by atoms with Crippen LogP contribution in [0.25, 0.3) is 5.57 Å². The predicted octanol–water partition coefficient (Wildman–Crippen LogP) is 6.97. The molecule has 5 rings (SSSR count). The Bertz CT molecular complexity index is 983. The van der Waals surface area contributed by atoms with Gasteiger partial charge >= 0.3 is 12.4 Å². The molecule has 0 aromatic heterocycles. The van der Waals surface area contributed by atoms with Gasteiger partial charge in [-0.2, -0.15) is 0 Å². The maximum absolute atomic E-state index is 11.7. The van der Waals surface area contributed by atoms with Crippen molar-refractivity contribution in [1.29, 1.82) is 0 Å². The molecule has 4 fully saturated rings. The average molecular weight is 495 g/mol. The molecule has 0 amide bonds. The van der Waals surface area contributed by atoms with Gasteiger partial charge in [0.2, 0.25) is 0 Å². The Hall–Kier alpha value is -2.37. The van der Waals surface area contributed by atoms with Gasteiger partial charge in [-0.15, -0.1) is 0 Å². The Morgan fingerprint density at radius 1 is 1.06 bits per heavy atom. The molecule has 196 valence electrons. The number of hydrogen-bond donors (Lipinski definition) is 0. The third-order valence-electron chi connectivity index (χ3n) is 8.10. The number of hydrogen-bond acceptors (Lipinski definition) is 5. The molecule has 0 aliphatic heterocycles. The highest BCUT2D eigenvalue weighted by molar-refractivity contribution is 5.83. The molecule has 1 aromatic rings. The molecule has 1 atom stereocenters. The van der Waals surface area contributed by atoms with Crippen LogP contribution in [0.4, 0.5) is 0 Å². The Labute approximate surface area is 216 Å². The van der Waals surface area contributed by atoms with Crippen LogP contribution >= 0.6 is 0 Å². The third kappa shape index (κ3) is 6.12. The average Bonchev–Trinajstić information content (AvgIpc) is 2.83. The summed E-state index contributed by atoms with van der Waals surface area (Å²) in [5, 5.41) is 0. The lowest BCUT2D eigenvalue weighted by molar-refractivity contribution is -0.231. The maximum Gasteiger partial charge on any atom is 0.330 e. The largest absolute Gasteiger partial charge is 0.463 e. The smallest absolute Gasteiger partial charge is 0.330 e. The van der Waals surface area contributed by atoms with Gasteiger partial charge in [-0.05, 0) is 118 Å². The van der Waals surface area contributed by atoms with Gasteiger partial charge < -0.3 is 18.9 Å². The van der Waals surface area contributed by atoms with Gasteiger partial charge in [-0.1, -0.05) is 24.3 Å². The second-order valence-electron chi connectivity index (χ2n) is 10.9. The highest BCUT2D eigenvalue weighted by Gasteiger charge is 2.52. The summed E-state index contributed by atoms with van der Waals surface area (Å²) in [5.41, 5.74) is 4.71. The summed E-state index contributed by atoms with van der Waals surface area (Å²) in [5.74, 6) is 3.10. The Morgan fingerprint density at radius 2 is 1.72 bits per heavy atom. The minimum atomic E-state index is -0.706. The fraction of sp³-hybridized carbons (Fsp3) is 0.581. The molecule has 36 heavy (non-hydrogen) atoms. The van der Waals surface area contributed by atoms with Crippen molar-refractivity contribution in [3.8, 4) is 5.75 Å². The van der Waals surface area contributed by atoms with Crippen molar-refractivity contribution in [3.63, 3.8) is 0 Å². The summed E-state index contributed by atoms with van der Waals surface area (Å²) in [7, 11) is 1.62. The molecular weight excluding hydrogens is 452 g/mol. The molecule has 0 saturated heterocycles. The van der Waals surface area contributed by atoms with E-state index in [4.69, 9.17) is 18.9 Å². The normalized spacial score (nSPS) is 28.5. The quantitative estimate of drug-likeness (QED) is 0.144. The fourth-order valence-electron chi connectivity index (χ4n) is 6.98. The molecule has 0 spiro atoms. The zero-order chi connectivity index (χ0) is 25.7. The first-order valence-electron chi connectivity index (χ1n) is 13.5. The molecule has 1 unspecified atom stereocenters. The molecule has 4 bridgehead atoms. The van der Waals surface area contributed by atoms with Crippen molar-refractivity contribution in [2.75, 3.05) is 20.3 Å². The topological polar surface area (TPSA) is 54.0 Å². The Kier molecular flexibility index (Phi) is 8.74. The Morgan fingerprint density at radius 3 is 2.31 bits per heavy atom. The molecule has 4 saturated carbocycles. The first-order valence-corrected chi connectivity index (χ1v) is 13.5. The first-order chi connectivity index (χ1) is 17.4. The van der Waals surface area contributed by atoms with Crippen molar-refractivity contribution in [2.45, 2.75) is 78.1 Å². The minimum Gasteiger partial charge on any atom is -0.463 e. The standard InChI is InChI=1S/C31H42O5/c1-6-34-29(32)13-21(3)9-8-10-22(4)26-11-12-28(36-30(33-5)35-7-2)27(17-26)31-18-23-14-24(19-31)16-25(15-23)20-31/h8-13,17,23-25,30H,6-7,14-16,18-20H2,1-5H3. The van der Waals surface area contributed by atoms with Crippen molar-refractivity contribution >= 4 is 11.5 Å². The molecule has 0 radical (unpaired) electrons. The van der Waals surface area contributed by atoms with Gasteiger partial charge in [0.1, 0.15) is 5.75 Å². The van der Waals surface area contributed by atoms with Crippen LogP contribution in [0.2, 0.25) is 0 Å². The number of ether oxygens (including phenoxy) is 4. The molecule has 5 nitrogen and oxygen atoms in total. The first kappa shape index (κ1) is 26.7. The Balaban J connectivity index is 1.63. The second-order valence-corrected chi connectivity index (χ2v) is 10.9. The SMILES string of the molecule is CCOC(=O)C=C(C)C=CC=C(C)c1ccc(OC(OC)OCC)c(C23CC4CC(CC(C4)C2)C3)c1. The van der Waals surface area contributed by atoms with E-state index in [0.717, 1.165) is 29.1 Å². The van der Waals surface area contributed by atoms with Crippen LogP contribution in [-0.2, 0) is 24.4 Å². The van der Waals surface area contributed by atoms with E-state index in [1.165, 1.54) is 61.3 Å². The number of rotatable bonds is 11. The number of allylic oxidation sites excluding steroid dienone is 5. The van der Waals surface area contributed by atoms with Gasteiger partial charge in [-0.25, -0.2) is 4.79 Å². The molecule has 4 aliphatic rings. The third-order valence-corrected chi connectivity index (χ3v) is 8.10. The van der Waals surface area contributed by atoms with Crippen molar-refractivity contribution in [2.24, 2.45) is 17.8 Å². The van der Waals surface area contributed by atoms with Crippen molar-refractivity contribution in [1.82, 2.24) is 0 Å². The van der Waals surface area contributed by atoms with Crippen LogP contribution in [0, 0.1) is 17.8 Å². The zero-order valence-corrected chi connectivity index (χ0v) is 22.5. The monoisotopic (exact) mass is 494 g/mol. The van der Waals surface area contributed by atoms with Gasteiger partial charge in [0.05, 0.1) is 13.2 Å². The number of carbonyl (C=O) groups is 1. The summed E-state index contributed by atoms with van der Waals surface area (Å²) in [6.45, 7) is 7.99. The summed E-state index contributed by atoms with van der Waals surface area (Å²) in [6, 6.07) is 6.57. The minimum absolute atomic E-state index is 0.180. The molecule has 0 heterocycles. The predicted molar refractivity (Wildman–Crippen MR) is 143 cm³/mol. The van der Waals surface area contributed by atoms with Crippen LogP contribution in [0.15, 0.2) is 48.1 Å². The van der Waals surface area contributed by atoms with Gasteiger partial charge in [-0.3, -0.25) is 0 Å². The second kappa shape index (κ2) is 11.8. The maximum atomic E-state index is 11.7. The molecule has 5 heteroatoms. The number of benzene rings is 1. The number of carbonyl (C=O) groups excluding carboxylic acids is 1. The fourth-order valence-corrected chi connectivity index (χ4v) is 6.98. The zero-order valence-electron chi connectivity index (χ0n) is 22.5. The van der Waals surface area contributed by atoms with E-state index in [9.17, 15) is 4.79 Å². The van der Waals surface area contributed by atoms with E-state index >= 15 is 0 Å². The van der Waals surface area contributed by atoms with Crippen molar-refractivity contribution in [3.05, 3.63) is 59.2 Å². The van der Waals surface area contributed by atoms with Gasteiger partial charge in [0, 0.05) is 18.7 Å². The summed E-state index contributed by atoms with van der Waals surface area (Å²) < 4.78 is 22.4. The van der Waals surface area contributed by atoms with E-state index in [1.807, 2.05) is 32.9 Å². The number of esters is 1. The van der Waals surface area contributed by atoms with Crippen LogP contribution < -0.4 is 4.74 Å². The highest BCUT2D eigenvalue weighted by Crippen LogP contribution is 2.62. The molecule has 4 aliphatic carbocycles. The summed E-state index contributed by atoms with van der Waals surface area (Å²) in [4.78, 5) is 11.7. The molecule has 1 aromatic carbocycles. The van der Waals surface area contributed by atoms with Crippen LogP contribution in [0.1, 0.15) is 77.3 Å². The van der Waals surface area contributed by atoms with Crippen LogP contribution in [0.3, 0.4) is 0 Å². The molecular formula is C31H42O5. The van der Waals surface area contributed by atoms with Gasteiger partial charge in [0.25, 0.3) is 0 Å². The van der Waals surface area contributed by atoms with E-state index in [1.54, 1.807) is 7.11 Å². The summed E-state index contributed by atoms with van der Waals surface area (Å²) in [6.07, 6.45) is 15.5. The van der Waals surface area contributed by atoms with E-state index in [-0.39, 0.29) is 11.4 Å². The van der Waals surface area contributed by atoms with E-state index in [2.05, 4.69) is 31.2 Å². The van der Waals surface area contributed by atoms with Crippen molar-refractivity contribution < 1.29 is 23.7 Å². The van der Waals surface area contributed by atoms with Gasteiger partial charge in [0.15, 0.2) is 0 Å². The molecule has 0 N–H and O–H groups in total. The lowest BCUT2D eigenvalue weighted by Crippen LogP contribution is -2.48. The summed E-state index contributed by atoms with van der Waals surface area (Å²) >= 11 is 0. The van der Waals surface area contributed by atoms with E-state index in [0.29, 0.717) is 13.2 Å². The lowest BCUT2D eigenvalue weighted by atomic mass is 9.48. The highest BCUT2D eigenvalue weighted by atomic mass is 16.8. The number of methoxy groups -OCH3 is 1. The van der Waals surface area contributed by atoms with Crippen LogP contribution in [0.5, 0.6) is 5.75 Å².